The summed E-state index contributed by atoms with van der Waals surface area (Å²) in [6.45, 7) is 1.09. The molecule has 1 fully saturated rings. The number of hydrogen-bond acceptors (Lipinski definition) is 4. The number of aryl methyl sites for hydroxylation is 1. The topological polar surface area (TPSA) is 84.1 Å². The van der Waals surface area contributed by atoms with Crippen LogP contribution in [0.2, 0.25) is 5.02 Å². The van der Waals surface area contributed by atoms with E-state index in [0.717, 1.165) is 12.1 Å². The molecule has 13 heteroatoms. The first-order valence-electron chi connectivity index (χ1n) is 11.9. The Labute approximate surface area is 223 Å². The van der Waals surface area contributed by atoms with Gasteiger partial charge in [0.15, 0.2) is 0 Å². The van der Waals surface area contributed by atoms with Gasteiger partial charge in [0.05, 0.1) is 29.5 Å². The van der Waals surface area contributed by atoms with Gasteiger partial charge in [-0.2, -0.15) is 17.6 Å². The highest BCUT2D eigenvalue weighted by atomic mass is 35.5. The molecule has 1 saturated carbocycles. The second-order valence-corrected chi connectivity index (χ2v) is 9.52. The van der Waals surface area contributed by atoms with Gasteiger partial charge in [0.1, 0.15) is 17.5 Å². The van der Waals surface area contributed by atoms with E-state index in [0.29, 0.717) is 24.5 Å². The first-order valence-corrected chi connectivity index (χ1v) is 12.3. The molecule has 2 N–H and O–H groups in total. The molecule has 0 spiro atoms. The zero-order valence-corrected chi connectivity index (χ0v) is 21.2. The van der Waals surface area contributed by atoms with E-state index >= 15 is 4.39 Å². The summed E-state index contributed by atoms with van der Waals surface area (Å²) in [5.41, 5.74) is -3.95. The third-order valence-electron chi connectivity index (χ3n) is 6.36. The number of hydrogen-bond donors (Lipinski definition) is 2. The van der Waals surface area contributed by atoms with Gasteiger partial charge in [0.25, 0.3) is 5.56 Å². The smallest absolute Gasteiger partial charge is 0.373 e. The van der Waals surface area contributed by atoms with Crippen LogP contribution in [0.25, 0.3) is 11.4 Å². The SMILES string of the molecule is CCc1nc(-c2c(C(F)(F)F)ccc(CNC(=O)[C@H]3C[C@H](OCc4cc(F)cc(Cl)c4)C3)c2F)[nH]c(=O)c1F. The number of nitrogens with zero attached hydrogens (tertiary/aromatic N) is 1. The van der Waals surface area contributed by atoms with Crippen molar-refractivity contribution < 1.29 is 35.9 Å². The Balaban J connectivity index is 1.44. The molecule has 2 aromatic carbocycles. The lowest BCUT2D eigenvalue weighted by molar-refractivity contribution is -0.137. The Morgan fingerprint density at radius 2 is 1.87 bits per heavy atom. The second-order valence-electron chi connectivity index (χ2n) is 9.08. The van der Waals surface area contributed by atoms with Crippen LogP contribution < -0.4 is 10.9 Å². The van der Waals surface area contributed by atoms with Crippen molar-refractivity contribution in [3.8, 4) is 11.4 Å². The number of alkyl halides is 3. The van der Waals surface area contributed by atoms with Crippen LogP contribution in [0.4, 0.5) is 26.3 Å². The molecule has 0 unspecified atom stereocenters. The molecule has 0 radical (unpaired) electrons. The molecule has 208 valence electrons. The number of amides is 1. The molecule has 0 aliphatic heterocycles. The normalized spacial score (nSPS) is 17.1. The predicted molar refractivity (Wildman–Crippen MR) is 129 cm³/mol. The van der Waals surface area contributed by atoms with Gasteiger partial charge in [-0.3, -0.25) is 9.59 Å². The van der Waals surface area contributed by atoms with E-state index in [2.05, 4.69) is 10.3 Å². The van der Waals surface area contributed by atoms with Crippen LogP contribution >= 0.6 is 11.6 Å². The van der Waals surface area contributed by atoms with Gasteiger partial charge in [-0.05, 0) is 49.1 Å². The summed E-state index contributed by atoms with van der Waals surface area (Å²) in [4.78, 5) is 30.0. The van der Waals surface area contributed by atoms with Gasteiger partial charge < -0.3 is 15.0 Å². The highest BCUT2D eigenvalue weighted by Crippen LogP contribution is 2.38. The number of benzene rings is 2. The minimum absolute atomic E-state index is 0.0925. The van der Waals surface area contributed by atoms with Gasteiger partial charge in [0, 0.05) is 23.0 Å². The third kappa shape index (κ3) is 6.44. The van der Waals surface area contributed by atoms with E-state index in [9.17, 15) is 31.5 Å². The lowest BCUT2D eigenvalue weighted by Gasteiger charge is -2.34. The van der Waals surface area contributed by atoms with E-state index < -0.39 is 70.2 Å². The lowest BCUT2D eigenvalue weighted by atomic mass is 9.81. The number of carbonyl (C=O) groups is 1. The summed E-state index contributed by atoms with van der Waals surface area (Å²) < 4.78 is 89.4. The first-order chi connectivity index (χ1) is 18.4. The maximum Gasteiger partial charge on any atom is 0.417 e. The molecule has 1 aliphatic carbocycles. The van der Waals surface area contributed by atoms with Crippen LogP contribution in [0.3, 0.4) is 0 Å². The van der Waals surface area contributed by atoms with Crippen molar-refractivity contribution in [3.63, 3.8) is 0 Å². The van der Waals surface area contributed by atoms with Crippen molar-refractivity contribution in [2.45, 2.75) is 51.6 Å². The lowest BCUT2D eigenvalue weighted by Crippen LogP contribution is -2.42. The molecule has 3 aromatic rings. The molecular weight excluding hydrogens is 552 g/mol. The van der Waals surface area contributed by atoms with Gasteiger partial charge in [0.2, 0.25) is 11.7 Å². The monoisotopic (exact) mass is 573 g/mol. The molecule has 0 bridgehead atoms. The van der Waals surface area contributed by atoms with E-state index in [-0.39, 0.29) is 29.7 Å². The number of carbonyl (C=O) groups excluding carboxylic acids is 1. The Hall–Kier alpha value is -3.38. The van der Waals surface area contributed by atoms with Crippen molar-refractivity contribution in [2.75, 3.05) is 0 Å². The molecule has 0 atom stereocenters. The standard InChI is InChI=1S/C26H22ClF6N3O3/c1-2-19-22(30)25(38)36-23(35-19)20-18(26(31,32)33)4-3-13(21(20)29)10-34-24(37)14-7-17(8-14)39-11-12-5-15(27)9-16(28)6-12/h3-6,9,14,17H,2,7-8,10-11H2,1H3,(H,34,37)(H,35,36,38)/t14-,17-. The average Bonchev–Trinajstić information content (AvgIpc) is 2.82. The maximum atomic E-state index is 15.4. The number of aromatic amines is 1. The molecular formula is C26H22ClF6N3O3. The Bertz CT molecular complexity index is 1430. The molecule has 6 nitrogen and oxygen atoms in total. The fourth-order valence-electron chi connectivity index (χ4n) is 4.23. The van der Waals surface area contributed by atoms with Gasteiger partial charge >= 0.3 is 6.18 Å². The zero-order valence-electron chi connectivity index (χ0n) is 20.4. The number of ether oxygens (including phenoxy) is 1. The number of aromatic nitrogens is 2. The molecule has 1 aliphatic rings. The second kappa shape index (κ2) is 11.4. The summed E-state index contributed by atoms with van der Waals surface area (Å²) in [5, 5.41) is 2.72. The fraction of sp³-hybridized carbons (Fsp3) is 0.346. The average molecular weight is 574 g/mol. The summed E-state index contributed by atoms with van der Waals surface area (Å²) in [6.07, 6.45) is -4.70. The fourth-order valence-corrected chi connectivity index (χ4v) is 4.48. The zero-order chi connectivity index (χ0) is 28.5. The molecule has 4 rings (SSSR count). The molecule has 39 heavy (non-hydrogen) atoms. The number of halogens is 7. The van der Waals surface area contributed by atoms with Crippen molar-refractivity contribution in [1.29, 1.82) is 0 Å². The van der Waals surface area contributed by atoms with Crippen molar-refractivity contribution in [1.82, 2.24) is 15.3 Å². The molecule has 1 amide bonds. The number of H-pyrrole nitrogens is 1. The molecule has 0 saturated heterocycles. The number of rotatable bonds is 8. The van der Waals surface area contributed by atoms with Crippen molar-refractivity contribution in [3.05, 3.63) is 85.5 Å². The van der Waals surface area contributed by atoms with Crippen LogP contribution in [0.5, 0.6) is 0 Å². The Morgan fingerprint density at radius 3 is 2.51 bits per heavy atom. The van der Waals surface area contributed by atoms with Gasteiger partial charge in [-0.1, -0.05) is 24.6 Å². The highest BCUT2D eigenvalue weighted by molar-refractivity contribution is 6.30. The van der Waals surface area contributed by atoms with Crippen molar-refractivity contribution >= 4 is 17.5 Å². The van der Waals surface area contributed by atoms with Crippen LogP contribution in [0.1, 0.15) is 42.1 Å². The van der Waals surface area contributed by atoms with E-state index in [1.165, 1.54) is 13.0 Å². The summed E-state index contributed by atoms with van der Waals surface area (Å²) >= 11 is 5.81. The molecule has 1 heterocycles. The first kappa shape index (κ1) is 28.6. The van der Waals surface area contributed by atoms with E-state index in [1.807, 2.05) is 4.98 Å². The largest absolute Gasteiger partial charge is 0.417 e. The summed E-state index contributed by atoms with van der Waals surface area (Å²) in [5.74, 6) is -4.81. The Morgan fingerprint density at radius 1 is 1.15 bits per heavy atom. The Kier molecular flexibility index (Phi) is 8.36. The van der Waals surface area contributed by atoms with E-state index in [4.69, 9.17) is 16.3 Å². The third-order valence-corrected chi connectivity index (χ3v) is 6.58. The summed E-state index contributed by atoms with van der Waals surface area (Å²) in [6, 6.07) is 5.49. The van der Waals surface area contributed by atoms with Gasteiger partial charge in [-0.15, -0.1) is 0 Å². The van der Waals surface area contributed by atoms with Gasteiger partial charge in [-0.25, -0.2) is 13.8 Å². The van der Waals surface area contributed by atoms with Crippen molar-refractivity contribution in [2.24, 2.45) is 5.92 Å². The van der Waals surface area contributed by atoms with Crippen LogP contribution in [0.15, 0.2) is 35.1 Å². The minimum Gasteiger partial charge on any atom is -0.373 e. The summed E-state index contributed by atoms with van der Waals surface area (Å²) in [7, 11) is 0. The van der Waals surface area contributed by atoms with Crippen LogP contribution in [-0.2, 0) is 35.3 Å². The quantitative estimate of drug-likeness (QED) is 0.339. The number of nitrogens with one attached hydrogen (secondary N) is 2. The van der Waals surface area contributed by atoms with Crippen LogP contribution in [0, 0.1) is 23.4 Å². The van der Waals surface area contributed by atoms with Crippen LogP contribution in [-0.4, -0.2) is 22.0 Å². The maximum absolute atomic E-state index is 15.4. The predicted octanol–water partition coefficient (Wildman–Crippen LogP) is 5.70. The molecule has 1 aromatic heterocycles. The van der Waals surface area contributed by atoms with E-state index in [1.54, 1.807) is 6.07 Å². The minimum atomic E-state index is -5.00. The highest BCUT2D eigenvalue weighted by Gasteiger charge is 2.38.